The van der Waals surface area contributed by atoms with Crippen molar-refractivity contribution in [1.82, 2.24) is 4.90 Å². The molecule has 0 saturated carbocycles. The minimum atomic E-state index is -0.0352. The summed E-state index contributed by atoms with van der Waals surface area (Å²) in [5.74, 6) is -0.0352. The minimum absolute atomic E-state index is 0.0352. The van der Waals surface area contributed by atoms with E-state index in [1.54, 1.807) is 6.26 Å². The second kappa shape index (κ2) is 8.80. The number of morpholine rings is 1. The maximum atomic E-state index is 12.5. The summed E-state index contributed by atoms with van der Waals surface area (Å²) < 4.78 is 11.0. The Kier molecular flexibility index (Phi) is 5.97. The van der Waals surface area contributed by atoms with Gasteiger partial charge in [-0.25, -0.2) is 0 Å². The number of hydrogen-bond donors (Lipinski definition) is 1. The van der Waals surface area contributed by atoms with E-state index in [0.29, 0.717) is 6.42 Å². The van der Waals surface area contributed by atoms with Crippen LogP contribution in [0.4, 0.5) is 5.69 Å². The molecular weight excluding hydrogens is 364 g/mol. The number of hydrogen-bond acceptors (Lipinski definition) is 4. The Labute approximate surface area is 171 Å². The average Bonchev–Trinajstić information content (AvgIpc) is 3.10. The van der Waals surface area contributed by atoms with Crippen LogP contribution in [0.5, 0.6) is 0 Å². The van der Waals surface area contributed by atoms with Crippen LogP contribution in [0.25, 0.3) is 11.0 Å². The number of amides is 1. The van der Waals surface area contributed by atoms with E-state index in [1.807, 2.05) is 18.2 Å². The van der Waals surface area contributed by atoms with E-state index in [4.69, 9.17) is 9.15 Å². The van der Waals surface area contributed by atoms with Gasteiger partial charge in [-0.15, -0.1) is 0 Å². The van der Waals surface area contributed by atoms with E-state index in [-0.39, 0.29) is 5.91 Å². The lowest BCUT2D eigenvalue weighted by molar-refractivity contribution is -0.115. The van der Waals surface area contributed by atoms with Crippen LogP contribution in [-0.2, 0) is 22.4 Å². The number of carbonyl (C=O) groups is 1. The quantitative estimate of drug-likeness (QED) is 0.686. The molecule has 0 atom stereocenters. The van der Waals surface area contributed by atoms with Crippen LogP contribution >= 0.6 is 0 Å². The summed E-state index contributed by atoms with van der Waals surface area (Å²) in [5.41, 5.74) is 6.25. The summed E-state index contributed by atoms with van der Waals surface area (Å²) in [7, 11) is 0. The van der Waals surface area contributed by atoms with Crippen molar-refractivity contribution in [1.29, 1.82) is 0 Å². The van der Waals surface area contributed by atoms with E-state index in [1.165, 1.54) is 16.7 Å². The largest absolute Gasteiger partial charge is 0.464 e. The minimum Gasteiger partial charge on any atom is -0.464 e. The molecule has 1 aliphatic rings. The molecule has 0 aliphatic carbocycles. The van der Waals surface area contributed by atoms with Crippen molar-refractivity contribution in [2.24, 2.45) is 0 Å². The van der Waals surface area contributed by atoms with Gasteiger partial charge in [0.15, 0.2) is 0 Å². The van der Waals surface area contributed by atoms with Crippen LogP contribution in [0.1, 0.15) is 22.3 Å². The summed E-state index contributed by atoms with van der Waals surface area (Å²) in [4.78, 5) is 14.9. The van der Waals surface area contributed by atoms with Gasteiger partial charge in [0.1, 0.15) is 5.58 Å². The summed E-state index contributed by atoms with van der Waals surface area (Å²) in [6.45, 7) is 8.86. The molecule has 1 N–H and O–H groups in total. The molecule has 2 heterocycles. The number of benzene rings is 2. The van der Waals surface area contributed by atoms with Crippen molar-refractivity contribution in [3.63, 3.8) is 0 Å². The van der Waals surface area contributed by atoms with Gasteiger partial charge in [-0.1, -0.05) is 12.1 Å². The lowest BCUT2D eigenvalue weighted by atomic mass is 10.0. The van der Waals surface area contributed by atoms with Gasteiger partial charge in [0.2, 0.25) is 5.91 Å². The van der Waals surface area contributed by atoms with Crippen LogP contribution in [-0.4, -0.2) is 43.7 Å². The molecule has 1 fully saturated rings. The predicted octanol–water partition coefficient (Wildman–Crippen LogP) is 4.11. The third-order valence-corrected chi connectivity index (χ3v) is 5.68. The van der Waals surface area contributed by atoms with Crippen LogP contribution in [0.15, 0.2) is 47.1 Å². The molecule has 1 aromatic heterocycles. The lowest BCUT2D eigenvalue weighted by Gasteiger charge is -2.26. The second-order valence-electron chi connectivity index (χ2n) is 7.82. The van der Waals surface area contributed by atoms with E-state index in [0.717, 1.165) is 61.5 Å². The molecule has 5 nitrogen and oxygen atoms in total. The van der Waals surface area contributed by atoms with Crippen LogP contribution in [0.3, 0.4) is 0 Å². The van der Waals surface area contributed by atoms with Crippen molar-refractivity contribution in [3.05, 3.63) is 64.9 Å². The van der Waals surface area contributed by atoms with Gasteiger partial charge in [-0.3, -0.25) is 9.69 Å². The molecule has 152 valence electrons. The number of carbonyl (C=O) groups excluding carboxylic acids is 1. The highest BCUT2D eigenvalue weighted by Crippen LogP contribution is 2.25. The number of nitrogens with one attached hydrogen (secondary N) is 1. The smallest absolute Gasteiger partial charge is 0.228 e. The van der Waals surface area contributed by atoms with Gasteiger partial charge in [0, 0.05) is 36.3 Å². The monoisotopic (exact) mass is 392 g/mol. The van der Waals surface area contributed by atoms with Gasteiger partial charge in [-0.05, 0) is 61.2 Å². The van der Waals surface area contributed by atoms with E-state index < -0.39 is 0 Å². The molecule has 1 saturated heterocycles. The van der Waals surface area contributed by atoms with Crippen molar-refractivity contribution in [3.8, 4) is 0 Å². The third kappa shape index (κ3) is 4.86. The Morgan fingerprint density at radius 1 is 1.07 bits per heavy atom. The van der Waals surface area contributed by atoms with Crippen LogP contribution < -0.4 is 5.32 Å². The van der Waals surface area contributed by atoms with Gasteiger partial charge in [0.25, 0.3) is 0 Å². The predicted molar refractivity (Wildman–Crippen MR) is 115 cm³/mol. The summed E-state index contributed by atoms with van der Waals surface area (Å²) >= 11 is 0. The van der Waals surface area contributed by atoms with Gasteiger partial charge in [0.05, 0.1) is 25.9 Å². The number of anilines is 1. The maximum Gasteiger partial charge on any atom is 0.228 e. The fraction of sp³-hybridized carbons (Fsp3) is 0.375. The SMILES string of the molecule is Cc1cc2occ(CC(=O)Nc3ccc(CCN4CCOCC4)cc3)c2cc1C. The zero-order chi connectivity index (χ0) is 20.2. The lowest BCUT2D eigenvalue weighted by Crippen LogP contribution is -2.37. The number of ether oxygens (including phenoxy) is 1. The first-order valence-electron chi connectivity index (χ1n) is 10.2. The van der Waals surface area contributed by atoms with Crippen LogP contribution in [0, 0.1) is 13.8 Å². The zero-order valence-electron chi connectivity index (χ0n) is 17.2. The molecule has 0 unspecified atom stereocenters. The molecule has 4 rings (SSSR count). The first-order valence-corrected chi connectivity index (χ1v) is 10.2. The van der Waals surface area contributed by atoms with E-state index in [9.17, 15) is 4.79 Å². The Balaban J connectivity index is 1.33. The Hall–Kier alpha value is -2.63. The van der Waals surface area contributed by atoms with Crippen molar-refractivity contribution < 1.29 is 13.9 Å². The second-order valence-corrected chi connectivity index (χ2v) is 7.82. The summed E-state index contributed by atoms with van der Waals surface area (Å²) in [6.07, 6.45) is 3.00. The topological polar surface area (TPSA) is 54.7 Å². The van der Waals surface area contributed by atoms with E-state index >= 15 is 0 Å². The molecule has 5 heteroatoms. The molecule has 2 aromatic carbocycles. The molecule has 29 heavy (non-hydrogen) atoms. The van der Waals surface area contributed by atoms with Gasteiger partial charge < -0.3 is 14.5 Å². The Morgan fingerprint density at radius 2 is 1.79 bits per heavy atom. The van der Waals surface area contributed by atoms with Gasteiger partial charge in [-0.2, -0.15) is 0 Å². The number of fused-ring (bicyclic) bond motifs is 1. The molecule has 1 aliphatic heterocycles. The maximum absolute atomic E-state index is 12.5. The molecule has 0 radical (unpaired) electrons. The first kappa shape index (κ1) is 19.7. The molecule has 0 spiro atoms. The van der Waals surface area contributed by atoms with Crippen molar-refractivity contribution in [2.45, 2.75) is 26.7 Å². The zero-order valence-corrected chi connectivity index (χ0v) is 17.2. The molecule has 0 bridgehead atoms. The van der Waals surface area contributed by atoms with E-state index in [2.05, 4.69) is 42.3 Å². The average molecular weight is 392 g/mol. The number of furan rings is 1. The Morgan fingerprint density at radius 3 is 2.55 bits per heavy atom. The fourth-order valence-corrected chi connectivity index (χ4v) is 3.72. The highest BCUT2D eigenvalue weighted by Gasteiger charge is 2.13. The normalized spacial score (nSPS) is 15.0. The molecular formula is C24H28N2O3. The highest BCUT2D eigenvalue weighted by molar-refractivity contribution is 5.95. The molecule has 3 aromatic rings. The third-order valence-electron chi connectivity index (χ3n) is 5.68. The highest BCUT2D eigenvalue weighted by atomic mass is 16.5. The standard InChI is InChI=1S/C24H28N2O3/c1-17-13-22-20(16-29-23(22)14-18(17)2)15-24(27)25-21-5-3-19(4-6-21)7-8-26-9-11-28-12-10-26/h3-6,13-14,16H,7-12,15H2,1-2H3,(H,25,27). The first-order chi connectivity index (χ1) is 14.1. The summed E-state index contributed by atoms with van der Waals surface area (Å²) in [6, 6.07) is 12.3. The van der Waals surface area contributed by atoms with Gasteiger partial charge >= 0.3 is 0 Å². The van der Waals surface area contributed by atoms with Crippen molar-refractivity contribution in [2.75, 3.05) is 38.2 Å². The van der Waals surface area contributed by atoms with Crippen molar-refractivity contribution >= 4 is 22.6 Å². The van der Waals surface area contributed by atoms with Crippen LogP contribution in [0.2, 0.25) is 0 Å². The number of nitrogens with zero attached hydrogens (tertiary/aromatic N) is 1. The summed E-state index contributed by atoms with van der Waals surface area (Å²) in [5, 5.41) is 4.01. The molecule has 1 amide bonds. The Bertz CT molecular complexity index is 985. The number of rotatable bonds is 6. The fourth-order valence-electron chi connectivity index (χ4n) is 3.72. The number of aryl methyl sites for hydroxylation is 2.